The van der Waals surface area contributed by atoms with E-state index in [4.69, 9.17) is 0 Å². The molecule has 0 saturated carbocycles. The van der Waals surface area contributed by atoms with Gasteiger partial charge in [-0.3, -0.25) is 0 Å². The molecular weight excluding hydrogens is 336 g/mol. The quantitative estimate of drug-likeness (QED) is 0.887. The summed E-state index contributed by atoms with van der Waals surface area (Å²) in [6, 6.07) is 14.1. The Labute approximate surface area is 148 Å². The molecule has 6 nitrogen and oxygen atoms in total. The van der Waals surface area contributed by atoms with Gasteiger partial charge >= 0.3 is 0 Å². The van der Waals surface area contributed by atoms with Crippen LogP contribution in [0.25, 0.3) is 0 Å². The highest BCUT2D eigenvalue weighted by atomic mass is 32.2. The maximum atomic E-state index is 12.3. The molecule has 25 heavy (non-hydrogen) atoms. The summed E-state index contributed by atoms with van der Waals surface area (Å²) < 4.78 is 27.3. The summed E-state index contributed by atoms with van der Waals surface area (Å²) in [7, 11) is -3.46. The molecule has 1 aliphatic heterocycles. The van der Waals surface area contributed by atoms with Gasteiger partial charge in [0.05, 0.1) is 10.5 Å². The zero-order valence-electron chi connectivity index (χ0n) is 13.8. The first kappa shape index (κ1) is 17.4. The van der Waals surface area contributed by atoms with Gasteiger partial charge in [-0.1, -0.05) is 18.2 Å². The minimum Gasteiger partial charge on any atom is -0.356 e. The molecule has 2 aromatic rings. The summed E-state index contributed by atoms with van der Waals surface area (Å²) in [5, 5.41) is 9.19. The number of piperidine rings is 1. The topological polar surface area (TPSA) is 86.1 Å². The van der Waals surface area contributed by atoms with Gasteiger partial charge in [0.25, 0.3) is 0 Å². The SMILES string of the molecule is N#Cc1cccnc1N1CCC(CNS(=O)(=O)c2ccccc2)CC1. The highest BCUT2D eigenvalue weighted by Gasteiger charge is 2.23. The summed E-state index contributed by atoms with van der Waals surface area (Å²) >= 11 is 0. The minimum absolute atomic E-state index is 0.281. The van der Waals surface area contributed by atoms with E-state index in [-0.39, 0.29) is 5.92 Å². The van der Waals surface area contributed by atoms with Crippen LogP contribution in [0.5, 0.6) is 0 Å². The van der Waals surface area contributed by atoms with Crippen molar-refractivity contribution in [3.63, 3.8) is 0 Å². The minimum atomic E-state index is -3.46. The van der Waals surface area contributed by atoms with Crippen molar-refractivity contribution in [2.75, 3.05) is 24.5 Å². The van der Waals surface area contributed by atoms with E-state index >= 15 is 0 Å². The molecular formula is C18H20N4O2S. The molecule has 0 spiro atoms. The third-order valence-electron chi connectivity index (χ3n) is 4.44. The summed E-state index contributed by atoms with van der Waals surface area (Å²) in [5.41, 5.74) is 0.575. The zero-order valence-corrected chi connectivity index (χ0v) is 14.6. The second-order valence-electron chi connectivity index (χ2n) is 6.08. The number of benzene rings is 1. The zero-order chi connectivity index (χ0) is 17.7. The fraction of sp³-hybridized carbons (Fsp3) is 0.333. The van der Waals surface area contributed by atoms with Crippen molar-refractivity contribution < 1.29 is 8.42 Å². The van der Waals surface area contributed by atoms with E-state index in [1.807, 2.05) is 0 Å². The number of sulfonamides is 1. The third kappa shape index (κ3) is 4.16. The lowest BCUT2D eigenvalue weighted by Gasteiger charge is -2.33. The third-order valence-corrected chi connectivity index (χ3v) is 5.88. The second-order valence-corrected chi connectivity index (χ2v) is 7.85. The normalized spacial score (nSPS) is 15.7. The lowest BCUT2D eigenvalue weighted by molar-refractivity contribution is 0.400. The Kier molecular flexibility index (Phi) is 5.31. The van der Waals surface area contributed by atoms with E-state index in [1.165, 1.54) is 0 Å². The van der Waals surface area contributed by atoms with Crippen LogP contribution < -0.4 is 9.62 Å². The van der Waals surface area contributed by atoms with Crippen LogP contribution >= 0.6 is 0 Å². The summed E-state index contributed by atoms with van der Waals surface area (Å²) in [5.74, 6) is 0.998. The molecule has 0 aliphatic carbocycles. The van der Waals surface area contributed by atoms with Crippen molar-refractivity contribution in [3.8, 4) is 6.07 Å². The Morgan fingerprint density at radius 1 is 1.16 bits per heavy atom. The number of rotatable bonds is 5. The first-order valence-electron chi connectivity index (χ1n) is 8.25. The van der Waals surface area contributed by atoms with Gasteiger partial charge in [-0.05, 0) is 43.0 Å². The van der Waals surface area contributed by atoms with Crippen LogP contribution in [0, 0.1) is 17.2 Å². The Morgan fingerprint density at radius 3 is 2.56 bits per heavy atom. The molecule has 3 rings (SSSR count). The van der Waals surface area contributed by atoms with Crippen LogP contribution in [-0.2, 0) is 10.0 Å². The summed E-state index contributed by atoms with van der Waals surface area (Å²) in [4.78, 5) is 6.70. The van der Waals surface area contributed by atoms with E-state index in [9.17, 15) is 13.7 Å². The van der Waals surface area contributed by atoms with Crippen LogP contribution in [0.15, 0.2) is 53.6 Å². The average molecular weight is 356 g/mol. The Bertz CT molecular complexity index is 854. The smallest absolute Gasteiger partial charge is 0.240 e. The molecule has 1 N–H and O–H groups in total. The number of nitrogens with one attached hydrogen (secondary N) is 1. The molecule has 0 atom stereocenters. The highest BCUT2D eigenvalue weighted by Crippen LogP contribution is 2.24. The van der Waals surface area contributed by atoms with Crippen LogP contribution in [0.2, 0.25) is 0 Å². The van der Waals surface area contributed by atoms with Crippen LogP contribution in [0.3, 0.4) is 0 Å². The first-order valence-corrected chi connectivity index (χ1v) is 9.73. The van der Waals surface area contributed by atoms with E-state index in [0.29, 0.717) is 22.8 Å². The fourth-order valence-corrected chi connectivity index (χ4v) is 4.13. The Balaban J connectivity index is 1.56. The number of nitriles is 1. The van der Waals surface area contributed by atoms with Crippen molar-refractivity contribution in [2.45, 2.75) is 17.7 Å². The molecule has 7 heteroatoms. The number of nitrogens with zero attached hydrogens (tertiary/aromatic N) is 3. The summed E-state index contributed by atoms with van der Waals surface area (Å²) in [6.45, 7) is 1.96. The maximum absolute atomic E-state index is 12.3. The van der Waals surface area contributed by atoms with Gasteiger partial charge in [0.2, 0.25) is 10.0 Å². The molecule has 0 unspecified atom stereocenters. The predicted octanol–water partition coefficient (Wildman–Crippen LogP) is 2.15. The van der Waals surface area contributed by atoms with Gasteiger partial charge in [0, 0.05) is 25.8 Å². The molecule has 130 valence electrons. The molecule has 1 aromatic heterocycles. The molecule has 0 amide bonds. The molecule has 2 heterocycles. The van der Waals surface area contributed by atoms with Gasteiger partial charge in [0.15, 0.2) is 0 Å². The predicted molar refractivity (Wildman–Crippen MR) is 95.5 cm³/mol. The largest absolute Gasteiger partial charge is 0.356 e. The molecule has 1 aromatic carbocycles. The van der Waals surface area contributed by atoms with Gasteiger partial charge < -0.3 is 4.90 Å². The highest BCUT2D eigenvalue weighted by molar-refractivity contribution is 7.89. The molecule has 1 fully saturated rings. The number of anilines is 1. The molecule has 0 bridgehead atoms. The van der Waals surface area contributed by atoms with E-state index in [1.54, 1.807) is 48.7 Å². The van der Waals surface area contributed by atoms with Gasteiger partial charge in [-0.25, -0.2) is 18.1 Å². The molecule has 1 saturated heterocycles. The van der Waals surface area contributed by atoms with E-state index in [2.05, 4.69) is 20.7 Å². The van der Waals surface area contributed by atoms with Crippen molar-refractivity contribution in [3.05, 3.63) is 54.2 Å². The standard InChI is InChI=1S/C18H20N4O2S/c19-13-16-5-4-10-20-18(16)22-11-8-15(9-12-22)14-21-25(23,24)17-6-2-1-3-7-17/h1-7,10,15,21H,8-9,11-12,14H2. The first-order chi connectivity index (χ1) is 12.1. The summed E-state index contributed by atoms with van der Waals surface area (Å²) in [6.07, 6.45) is 3.41. The Morgan fingerprint density at radius 2 is 1.88 bits per heavy atom. The fourth-order valence-electron chi connectivity index (χ4n) is 3.00. The maximum Gasteiger partial charge on any atom is 0.240 e. The van der Waals surface area contributed by atoms with Crippen LogP contribution in [-0.4, -0.2) is 33.0 Å². The van der Waals surface area contributed by atoms with Gasteiger partial charge in [0.1, 0.15) is 11.9 Å². The number of hydrogen-bond donors (Lipinski definition) is 1. The van der Waals surface area contributed by atoms with Crippen molar-refractivity contribution in [1.82, 2.24) is 9.71 Å². The van der Waals surface area contributed by atoms with E-state index < -0.39 is 10.0 Å². The van der Waals surface area contributed by atoms with Crippen LogP contribution in [0.1, 0.15) is 18.4 Å². The molecule has 0 radical (unpaired) electrons. The van der Waals surface area contributed by atoms with Gasteiger partial charge in [-0.2, -0.15) is 5.26 Å². The van der Waals surface area contributed by atoms with Crippen LogP contribution in [0.4, 0.5) is 5.82 Å². The lowest BCUT2D eigenvalue weighted by atomic mass is 9.97. The second kappa shape index (κ2) is 7.64. The lowest BCUT2D eigenvalue weighted by Crippen LogP contribution is -2.39. The van der Waals surface area contributed by atoms with Gasteiger partial charge in [-0.15, -0.1) is 0 Å². The number of aromatic nitrogens is 1. The van der Waals surface area contributed by atoms with E-state index in [0.717, 1.165) is 25.9 Å². The molecule has 1 aliphatic rings. The van der Waals surface area contributed by atoms with Crippen molar-refractivity contribution in [2.24, 2.45) is 5.92 Å². The number of hydrogen-bond acceptors (Lipinski definition) is 5. The van der Waals surface area contributed by atoms with Crippen molar-refractivity contribution in [1.29, 1.82) is 5.26 Å². The average Bonchev–Trinajstić information content (AvgIpc) is 2.67. The number of pyridine rings is 1. The van der Waals surface area contributed by atoms with Crippen molar-refractivity contribution >= 4 is 15.8 Å². The monoisotopic (exact) mass is 356 g/mol. The Hall–Kier alpha value is -2.43.